The number of anilines is 2. The first kappa shape index (κ1) is 19.2. The van der Waals surface area contributed by atoms with Crippen molar-refractivity contribution in [2.45, 2.75) is 19.8 Å². The predicted molar refractivity (Wildman–Crippen MR) is 107 cm³/mol. The van der Waals surface area contributed by atoms with Crippen LogP contribution in [-0.4, -0.2) is 33.7 Å². The SMILES string of the molecule is COc1cc(NC(=O)C(C)Cc2ccccc2)ccc1N1CCCS1(=O)=O. The van der Waals surface area contributed by atoms with E-state index in [2.05, 4.69) is 5.32 Å². The van der Waals surface area contributed by atoms with Gasteiger partial charge in [0.1, 0.15) is 5.75 Å². The summed E-state index contributed by atoms with van der Waals surface area (Å²) < 4.78 is 31.1. The third-order valence-corrected chi connectivity index (χ3v) is 6.50. The van der Waals surface area contributed by atoms with E-state index in [1.165, 1.54) is 11.4 Å². The third kappa shape index (κ3) is 4.42. The summed E-state index contributed by atoms with van der Waals surface area (Å²) in [6, 6.07) is 14.9. The van der Waals surface area contributed by atoms with Gasteiger partial charge in [-0.1, -0.05) is 37.3 Å². The molecule has 1 aliphatic rings. The van der Waals surface area contributed by atoms with Crippen molar-refractivity contribution in [3.63, 3.8) is 0 Å². The Kier molecular flexibility index (Phi) is 5.70. The van der Waals surface area contributed by atoms with E-state index in [1.807, 2.05) is 37.3 Å². The summed E-state index contributed by atoms with van der Waals surface area (Å²) in [7, 11) is -1.80. The topological polar surface area (TPSA) is 75.7 Å². The van der Waals surface area contributed by atoms with Gasteiger partial charge in [-0.2, -0.15) is 0 Å². The highest BCUT2D eigenvalue weighted by atomic mass is 32.2. The van der Waals surface area contributed by atoms with Crippen molar-refractivity contribution in [1.29, 1.82) is 0 Å². The maximum absolute atomic E-state index is 12.5. The van der Waals surface area contributed by atoms with E-state index >= 15 is 0 Å². The maximum atomic E-state index is 12.5. The van der Waals surface area contributed by atoms with Crippen LogP contribution in [0.25, 0.3) is 0 Å². The van der Waals surface area contributed by atoms with Gasteiger partial charge < -0.3 is 10.1 Å². The van der Waals surface area contributed by atoms with Crippen molar-refractivity contribution in [3.05, 3.63) is 54.1 Å². The number of sulfonamides is 1. The van der Waals surface area contributed by atoms with E-state index in [9.17, 15) is 13.2 Å². The Balaban J connectivity index is 1.73. The molecule has 1 unspecified atom stereocenters. The van der Waals surface area contributed by atoms with Crippen molar-refractivity contribution in [2.75, 3.05) is 29.0 Å². The van der Waals surface area contributed by atoms with Gasteiger partial charge >= 0.3 is 0 Å². The molecular weight excluding hydrogens is 364 g/mol. The predicted octanol–water partition coefficient (Wildman–Crippen LogP) is 3.05. The molecule has 1 N–H and O–H groups in total. The molecule has 0 bridgehead atoms. The first-order chi connectivity index (χ1) is 12.9. The van der Waals surface area contributed by atoms with Gasteiger partial charge in [0, 0.05) is 24.2 Å². The molecule has 3 rings (SSSR count). The van der Waals surface area contributed by atoms with Crippen LogP contribution in [0.4, 0.5) is 11.4 Å². The van der Waals surface area contributed by atoms with Crippen LogP contribution in [-0.2, 0) is 21.2 Å². The quantitative estimate of drug-likeness (QED) is 0.825. The van der Waals surface area contributed by atoms with Gasteiger partial charge in [0.05, 0.1) is 18.6 Å². The van der Waals surface area contributed by atoms with Crippen LogP contribution in [0, 0.1) is 5.92 Å². The summed E-state index contributed by atoms with van der Waals surface area (Å²) in [5.74, 6) is 0.277. The van der Waals surface area contributed by atoms with Gasteiger partial charge in [-0.25, -0.2) is 8.42 Å². The summed E-state index contributed by atoms with van der Waals surface area (Å²) >= 11 is 0. The summed E-state index contributed by atoms with van der Waals surface area (Å²) in [4.78, 5) is 12.5. The third-order valence-electron chi connectivity index (χ3n) is 4.65. The van der Waals surface area contributed by atoms with Crippen molar-refractivity contribution in [3.8, 4) is 5.75 Å². The molecule has 0 radical (unpaired) electrons. The Bertz CT molecular complexity index is 913. The number of rotatable bonds is 6. The zero-order valence-electron chi connectivity index (χ0n) is 15.5. The summed E-state index contributed by atoms with van der Waals surface area (Å²) in [5.41, 5.74) is 2.19. The molecule has 1 saturated heterocycles. The molecule has 0 saturated carbocycles. The van der Waals surface area contributed by atoms with Crippen molar-refractivity contribution < 1.29 is 17.9 Å². The van der Waals surface area contributed by atoms with E-state index in [0.717, 1.165) is 5.56 Å². The number of ether oxygens (including phenoxy) is 1. The number of carbonyl (C=O) groups excluding carboxylic acids is 1. The second-order valence-corrected chi connectivity index (χ2v) is 8.72. The number of hydrogen-bond donors (Lipinski definition) is 1. The second-order valence-electron chi connectivity index (χ2n) is 6.71. The summed E-state index contributed by atoms with van der Waals surface area (Å²) in [6.07, 6.45) is 1.24. The zero-order valence-corrected chi connectivity index (χ0v) is 16.3. The largest absolute Gasteiger partial charge is 0.494 e. The molecule has 1 aliphatic heterocycles. The lowest BCUT2D eigenvalue weighted by molar-refractivity contribution is -0.119. The molecule has 1 atom stereocenters. The average Bonchev–Trinajstić information content (AvgIpc) is 3.01. The molecule has 2 aromatic rings. The Morgan fingerprint density at radius 1 is 1.22 bits per heavy atom. The van der Waals surface area contributed by atoms with Crippen molar-refractivity contribution in [2.24, 2.45) is 5.92 Å². The minimum atomic E-state index is -3.29. The number of benzene rings is 2. The highest BCUT2D eigenvalue weighted by Crippen LogP contribution is 2.35. The van der Waals surface area contributed by atoms with Gasteiger partial charge in [-0.15, -0.1) is 0 Å². The Morgan fingerprint density at radius 2 is 1.96 bits per heavy atom. The van der Waals surface area contributed by atoms with Gasteiger partial charge in [-0.3, -0.25) is 9.10 Å². The fraction of sp³-hybridized carbons (Fsp3) is 0.350. The highest BCUT2D eigenvalue weighted by molar-refractivity contribution is 7.93. The summed E-state index contributed by atoms with van der Waals surface area (Å²) in [5, 5.41) is 2.89. The number of nitrogens with one attached hydrogen (secondary N) is 1. The molecule has 1 heterocycles. The standard InChI is InChI=1S/C20H24N2O4S/c1-15(13-16-7-4-3-5-8-16)20(23)21-17-9-10-18(19(14-17)26-2)22-11-6-12-27(22,24)25/h3-5,7-10,14-15H,6,11-13H2,1-2H3,(H,21,23). The zero-order chi connectivity index (χ0) is 19.4. The van der Waals surface area contributed by atoms with Gasteiger partial charge in [0.25, 0.3) is 0 Å². The van der Waals surface area contributed by atoms with Crippen molar-refractivity contribution >= 4 is 27.3 Å². The highest BCUT2D eigenvalue weighted by Gasteiger charge is 2.30. The minimum absolute atomic E-state index is 0.0950. The Labute approximate surface area is 160 Å². The average molecular weight is 388 g/mol. The minimum Gasteiger partial charge on any atom is -0.494 e. The first-order valence-electron chi connectivity index (χ1n) is 8.94. The molecule has 27 heavy (non-hydrogen) atoms. The van der Waals surface area contributed by atoms with Crippen LogP contribution < -0.4 is 14.4 Å². The van der Waals surface area contributed by atoms with Crippen LogP contribution in [0.2, 0.25) is 0 Å². The number of carbonyl (C=O) groups is 1. The molecule has 0 aromatic heterocycles. The normalized spacial score (nSPS) is 16.7. The van der Waals surface area contributed by atoms with Gasteiger partial charge in [-0.05, 0) is 30.5 Å². The number of methoxy groups -OCH3 is 1. The smallest absolute Gasteiger partial charge is 0.235 e. The van der Waals surface area contributed by atoms with Gasteiger partial charge in [0.2, 0.25) is 15.9 Å². The molecule has 0 spiro atoms. The molecule has 2 aromatic carbocycles. The molecule has 1 fully saturated rings. The van der Waals surface area contributed by atoms with E-state index in [-0.39, 0.29) is 17.6 Å². The van der Waals surface area contributed by atoms with Gasteiger partial charge in [0.15, 0.2) is 0 Å². The Morgan fingerprint density at radius 3 is 2.59 bits per heavy atom. The second kappa shape index (κ2) is 8.00. The van der Waals surface area contributed by atoms with Crippen LogP contribution in [0.5, 0.6) is 5.75 Å². The number of nitrogens with zero attached hydrogens (tertiary/aromatic N) is 1. The molecular formula is C20H24N2O4S. The Hall–Kier alpha value is -2.54. The van der Waals surface area contributed by atoms with E-state index in [0.29, 0.717) is 36.5 Å². The molecule has 6 nitrogen and oxygen atoms in total. The van der Waals surface area contributed by atoms with E-state index < -0.39 is 10.0 Å². The number of amides is 1. The summed E-state index contributed by atoms with van der Waals surface area (Å²) in [6.45, 7) is 2.32. The maximum Gasteiger partial charge on any atom is 0.235 e. The molecule has 1 amide bonds. The van der Waals surface area contributed by atoms with E-state index in [1.54, 1.807) is 18.2 Å². The van der Waals surface area contributed by atoms with E-state index in [4.69, 9.17) is 4.74 Å². The lowest BCUT2D eigenvalue weighted by Crippen LogP contribution is -2.26. The molecule has 0 aliphatic carbocycles. The molecule has 144 valence electrons. The molecule has 7 heteroatoms. The van der Waals surface area contributed by atoms with Crippen LogP contribution >= 0.6 is 0 Å². The fourth-order valence-corrected chi connectivity index (χ4v) is 4.77. The van der Waals surface area contributed by atoms with Crippen LogP contribution in [0.1, 0.15) is 18.9 Å². The lowest BCUT2D eigenvalue weighted by Gasteiger charge is -2.21. The van der Waals surface area contributed by atoms with Crippen LogP contribution in [0.15, 0.2) is 48.5 Å². The van der Waals surface area contributed by atoms with Crippen LogP contribution in [0.3, 0.4) is 0 Å². The fourth-order valence-electron chi connectivity index (χ4n) is 3.20. The first-order valence-corrected chi connectivity index (χ1v) is 10.5. The van der Waals surface area contributed by atoms with Crippen molar-refractivity contribution in [1.82, 2.24) is 0 Å². The monoisotopic (exact) mass is 388 g/mol. The lowest BCUT2D eigenvalue weighted by atomic mass is 10.0. The number of hydrogen-bond acceptors (Lipinski definition) is 4.